The van der Waals surface area contributed by atoms with Crippen molar-refractivity contribution in [1.82, 2.24) is 5.32 Å². The van der Waals surface area contributed by atoms with Crippen LogP contribution in [0.25, 0.3) is 0 Å². The molecule has 180 valence electrons. The second kappa shape index (κ2) is 7.45. The van der Waals surface area contributed by atoms with Gasteiger partial charge in [-0.1, -0.05) is 26.8 Å². The van der Waals surface area contributed by atoms with Crippen LogP contribution in [-0.2, 0) is 19.1 Å². The van der Waals surface area contributed by atoms with Gasteiger partial charge in [0.2, 0.25) is 5.91 Å². The predicted molar refractivity (Wildman–Crippen MR) is 116 cm³/mol. The molecule has 2 aliphatic carbocycles. The quantitative estimate of drug-likeness (QED) is 0.467. The molecule has 1 aliphatic heterocycles. The van der Waals surface area contributed by atoms with E-state index in [1.807, 2.05) is 13.8 Å². The lowest BCUT2D eigenvalue weighted by Gasteiger charge is -2.71. The fourth-order valence-corrected chi connectivity index (χ4v) is 7.07. The number of ether oxygens (including phenoxy) is 1. The molecular weight excluding hydrogens is 414 g/mol. The lowest BCUT2D eigenvalue weighted by atomic mass is 9.38. The molecule has 0 unspecified atom stereocenters. The molecule has 8 atom stereocenters. The lowest BCUT2D eigenvalue weighted by molar-refractivity contribution is -0.355. The largest absolute Gasteiger partial charge is 0.392 e. The lowest BCUT2D eigenvalue weighted by Crippen LogP contribution is -2.86. The number of ketones is 2. The molecule has 0 aromatic rings. The topological polar surface area (TPSA) is 133 Å². The highest BCUT2D eigenvalue weighted by Gasteiger charge is 2.81. The van der Waals surface area contributed by atoms with Crippen molar-refractivity contribution in [2.45, 2.75) is 89.8 Å². The zero-order chi connectivity index (χ0) is 24.5. The van der Waals surface area contributed by atoms with E-state index in [4.69, 9.17) is 4.74 Å². The highest BCUT2D eigenvalue weighted by molar-refractivity contribution is 5.95. The van der Waals surface area contributed by atoms with Crippen LogP contribution in [-0.4, -0.2) is 68.3 Å². The second-order valence-corrected chi connectivity index (χ2v) is 11.2. The predicted octanol–water partition coefficient (Wildman–Crippen LogP) is 0.910. The average molecular weight is 452 g/mol. The highest BCUT2D eigenvalue weighted by atomic mass is 16.5. The molecule has 8 nitrogen and oxygen atoms in total. The van der Waals surface area contributed by atoms with Gasteiger partial charge in [-0.15, -0.1) is 6.58 Å². The summed E-state index contributed by atoms with van der Waals surface area (Å²) < 4.78 is 6.32. The molecular formula is C24H37NO7. The van der Waals surface area contributed by atoms with Crippen molar-refractivity contribution < 1.29 is 34.4 Å². The van der Waals surface area contributed by atoms with Gasteiger partial charge in [0, 0.05) is 17.8 Å². The van der Waals surface area contributed by atoms with E-state index in [1.54, 1.807) is 13.8 Å². The first kappa shape index (κ1) is 25.0. The van der Waals surface area contributed by atoms with Crippen molar-refractivity contribution in [3.8, 4) is 0 Å². The number of aliphatic hydroxyl groups excluding tert-OH is 2. The maximum absolute atomic E-state index is 13.7. The van der Waals surface area contributed by atoms with Crippen LogP contribution in [0, 0.1) is 22.7 Å². The number of hydrogen-bond donors (Lipinski definition) is 4. The number of aliphatic hydroxyl groups is 3. The van der Waals surface area contributed by atoms with Gasteiger partial charge in [0.05, 0.1) is 30.3 Å². The first-order valence-corrected chi connectivity index (χ1v) is 11.2. The van der Waals surface area contributed by atoms with E-state index in [9.17, 15) is 29.7 Å². The van der Waals surface area contributed by atoms with E-state index in [0.717, 1.165) is 0 Å². The van der Waals surface area contributed by atoms with Gasteiger partial charge in [0.25, 0.3) is 0 Å². The Balaban J connectivity index is 2.29. The van der Waals surface area contributed by atoms with Crippen LogP contribution in [0.5, 0.6) is 0 Å². The van der Waals surface area contributed by atoms with Gasteiger partial charge in [-0.3, -0.25) is 14.4 Å². The summed E-state index contributed by atoms with van der Waals surface area (Å²) >= 11 is 0. The average Bonchev–Trinajstić information content (AvgIpc) is 2.66. The smallest absolute Gasteiger partial charge is 0.229 e. The van der Waals surface area contributed by atoms with Gasteiger partial charge >= 0.3 is 0 Å². The number of rotatable bonds is 4. The molecule has 0 radical (unpaired) electrons. The van der Waals surface area contributed by atoms with Crippen molar-refractivity contribution >= 4 is 17.5 Å². The van der Waals surface area contributed by atoms with E-state index in [2.05, 4.69) is 11.9 Å². The van der Waals surface area contributed by atoms with Crippen LogP contribution in [0.3, 0.4) is 0 Å². The summed E-state index contributed by atoms with van der Waals surface area (Å²) in [5, 5.41) is 37.7. The summed E-state index contributed by atoms with van der Waals surface area (Å²) in [4.78, 5) is 38.6. The number of amides is 1. The fraction of sp³-hybridized carbons (Fsp3) is 0.792. The van der Waals surface area contributed by atoms with Gasteiger partial charge in [-0.05, 0) is 39.0 Å². The Morgan fingerprint density at radius 1 is 1.22 bits per heavy atom. The molecule has 4 N–H and O–H groups in total. The minimum absolute atomic E-state index is 0.185. The van der Waals surface area contributed by atoms with Crippen LogP contribution >= 0.6 is 0 Å². The Bertz CT molecular complexity index is 855. The summed E-state index contributed by atoms with van der Waals surface area (Å²) in [6, 6.07) is 0. The zero-order valence-corrected chi connectivity index (χ0v) is 19.9. The Morgan fingerprint density at radius 2 is 1.81 bits per heavy atom. The molecule has 0 bridgehead atoms. The number of Topliss-reactive ketones (excluding diaryl/α,β-unsaturated/α-hetero) is 2. The first-order chi connectivity index (χ1) is 14.5. The van der Waals surface area contributed by atoms with E-state index in [1.165, 1.54) is 19.9 Å². The van der Waals surface area contributed by atoms with Crippen molar-refractivity contribution in [1.29, 1.82) is 0 Å². The Hall–Kier alpha value is -1.61. The molecule has 32 heavy (non-hydrogen) atoms. The van der Waals surface area contributed by atoms with E-state index < -0.39 is 63.4 Å². The molecule has 8 heteroatoms. The monoisotopic (exact) mass is 451 g/mol. The summed E-state index contributed by atoms with van der Waals surface area (Å²) in [5.41, 5.74) is -7.40. The second-order valence-electron chi connectivity index (χ2n) is 11.2. The summed E-state index contributed by atoms with van der Waals surface area (Å²) in [6.07, 6.45) is -0.306. The maximum Gasteiger partial charge on any atom is 0.229 e. The summed E-state index contributed by atoms with van der Waals surface area (Å²) in [7, 11) is 0. The third-order valence-corrected chi connectivity index (χ3v) is 8.60. The Morgan fingerprint density at radius 3 is 2.34 bits per heavy atom. The molecule has 3 aliphatic rings. The SMILES string of the molecule is C=C[C@@]1(C)CC(=O)[C@]2(O)[C@@]3(C)[C@@H](O)CCC(C)(C)[C@@H]3[C@H](O)[C@H](C(=O)NCC(C)=O)[C@@]2(C)O1. The molecule has 1 saturated heterocycles. The van der Waals surface area contributed by atoms with Crippen LogP contribution in [0.15, 0.2) is 12.7 Å². The molecule has 1 heterocycles. The molecule has 3 fully saturated rings. The standard InChI is InChI=1S/C24H37NO7/c1-8-21(5)11-15(28)24(31)22(6)14(27)9-10-20(3,4)18(22)17(29)16(23(24,7)32-21)19(30)25-12-13(2)26/h8,14,16-18,27,29,31H,1,9-12H2,2-7H3,(H,25,30)/t14-,16+,17+,18-,21-,22-,23+,24-/m0/s1. The third-order valence-electron chi connectivity index (χ3n) is 8.60. The van der Waals surface area contributed by atoms with E-state index in [0.29, 0.717) is 12.8 Å². The van der Waals surface area contributed by atoms with Crippen LogP contribution in [0.2, 0.25) is 0 Å². The highest BCUT2D eigenvalue weighted by Crippen LogP contribution is 2.67. The molecule has 0 aromatic carbocycles. The molecule has 2 saturated carbocycles. The van der Waals surface area contributed by atoms with Crippen molar-refractivity contribution in [3.05, 3.63) is 12.7 Å². The molecule has 1 amide bonds. The van der Waals surface area contributed by atoms with E-state index in [-0.39, 0.29) is 18.7 Å². The number of fused-ring (bicyclic) bond motifs is 3. The number of carbonyl (C=O) groups excluding carboxylic acids is 3. The van der Waals surface area contributed by atoms with Gasteiger partial charge in [0.1, 0.15) is 11.4 Å². The van der Waals surface area contributed by atoms with Crippen LogP contribution in [0.1, 0.15) is 60.8 Å². The Labute approximate surface area is 189 Å². The van der Waals surface area contributed by atoms with Crippen molar-refractivity contribution in [3.63, 3.8) is 0 Å². The third kappa shape index (κ3) is 3.06. The number of hydrogen-bond acceptors (Lipinski definition) is 7. The first-order valence-electron chi connectivity index (χ1n) is 11.2. The van der Waals surface area contributed by atoms with Gasteiger partial charge in [-0.2, -0.15) is 0 Å². The number of nitrogens with one attached hydrogen (secondary N) is 1. The summed E-state index contributed by atoms with van der Waals surface area (Å²) in [6.45, 7) is 13.3. The minimum atomic E-state index is -2.26. The number of carbonyl (C=O) groups is 3. The van der Waals surface area contributed by atoms with Crippen molar-refractivity contribution in [2.24, 2.45) is 22.7 Å². The summed E-state index contributed by atoms with van der Waals surface area (Å²) in [5.74, 6) is -3.68. The maximum atomic E-state index is 13.7. The van der Waals surface area contributed by atoms with Gasteiger partial charge in [-0.25, -0.2) is 0 Å². The zero-order valence-electron chi connectivity index (χ0n) is 19.9. The van der Waals surface area contributed by atoms with Gasteiger partial charge < -0.3 is 25.4 Å². The minimum Gasteiger partial charge on any atom is -0.392 e. The van der Waals surface area contributed by atoms with Crippen LogP contribution < -0.4 is 5.32 Å². The molecule has 3 rings (SSSR count). The normalized spacial score (nSPS) is 47.7. The van der Waals surface area contributed by atoms with Crippen LogP contribution in [0.4, 0.5) is 0 Å². The Kier molecular flexibility index (Phi) is 5.82. The molecule has 0 spiro atoms. The fourth-order valence-electron chi connectivity index (χ4n) is 7.07. The van der Waals surface area contributed by atoms with Gasteiger partial charge in [0.15, 0.2) is 11.4 Å². The van der Waals surface area contributed by atoms with Crippen molar-refractivity contribution in [2.75, 3.05) is 6.54 Å². The molecule has 0 aromatic heterocycles. The van der Waals surface area contributed by atoms with E-state index >= 15 is 0 Å².